The van der Waals surface area contributed by atoms with Crippen LogP contribution in [0.25, 0.3) is 0 Å². The molecule has 21 aliphatic rings. The van der Waals surface area contributed by atoms with Crippen molar-refractivity contribution in [1.82, 2.24) is 0 Å². The second-order valence-electron chi connectivity index (χ2n) is 22.3. The van der Waals surface area contributed by atoms with Crippen molar-refractivity contribution >= 4 is 35.5 Å². The molecule has 89 heavy (non-hydrogen) atoms. The van der Waals surface area contributed by atoms with Crippen LogP contribution < -0.4 is 11.5 Å². The van der Waals surface area contributed by atoms with Crippen LogP contribution in [0.4, 0.5) is 0 Å². The largest absolute Gasteiger partial charge is 0.480 e. The molecule has 21 aliphatic heterocycles. The summed E-state index contributed by atoms with van der Waals surface area (Å²) in [6, 6.07) is -2.94. The van der Waals surface area contributed by atoms with Crippen LogP contribution in [0.3, 0.4) is 0 Å². The van der Waals surface area contributed by atoms with Crippen LogP contribution in [0, 0.1) is 0 Å². The van der Waals surface area contributed by atoms with Crippen LogP contribution in [0.1, 0.15) is 0 Å². The average molecular weight is 1340 g/mol. The first-order valence-electron chi connectivity index (χ1n) is 28.1. The zero-order valence-electron chi connectivity index (χ0n) is 46.6. The summed E-state index contributed by atoms with van der Waals surface area (Å²) in [5.74, 6) is -4.26. The summed E-state index contributed by atoms with van der Waals surface area (Å²) in [5.41, 5.74) is 11.4. The highest BCUT2D eigenvalue weighted by molar-refractivity contribution is 7.99. The summed E-state index contributed by atoms with van der Waals surface area (Å²) < 4.78 is 81.6. The Morgan fingerprint density at radius 3 is 0.596 bits per heavy atom. The van der Waals surface area contributed by atoms with Crippen LogP contribution in [0.2, 0.25) is 0 Å². The Kier molecular flexibility index (Phi) is 26.2. The number of aliphatic carboxylic acids is 2. The van der Waals surface area contributed by atoms with Crippen molar-refractivity contribution in [2.75, 3.05) is 56.0 Å². The Morgan fingerprint density at radius 2 is 0.438 bits per heavy atom. The molecule has 25 N–H and O–H groups in total. The molecule has 37 atom stereocenters. The van der Waals surface area contributed by atoms with E-state index in [2.05, 4.69) is 0 Å². The Morgan fingerprint density at radius 1 is 0.281 bits per heavy atom. The topological polar surface area (TPSA) is 640 Å². The van der Waals surface area contributed by atoms with Crippen molar-refractivity contribution in [1.29, 1.82) is 0 Å². The fourth-order valence-electron chi connectivity index (χ4n) is 11.2. The van der Waals surface area contributed by atoms with Gasteiger partial charge < -0.3 is 185 Å². The van der Waals surface area contributed by atoms with Gasteiger partial charge in [-0.1, -0.05) is 0 Å². The van der Waals surface area contributed by atoms with Gasteiger partial charge in [0.2, 0.25) is 0 Å². The Hall–Kier alpha value is -1.76. The monoisotopic (exact) mass is 1340 g/mol. The zero-order valence-corrected chi connectivity index (χ0v) is 48.3. The third-order valence-electron chi connectivity index (χ3n) is 16.2. The van der Waals surface area contributed by atoms with Crippen LogP contribution in [-0.4, -0.2) is 402 Å². The highest BCUT2D eigenvalue weighted by Gasteiger charge is 2.60. The molecule has 0 aromatic carbocycles. The van der Waals surface area contributed by atoms with E-state index >= 15 is 0 Å². The molecule has 0 amide bonds. The van der Waals surface area contributed by atoms with Gasteiger partial charge >= 0.3 is 11.9 Å². The fourth-order valence-corrected chi connectivity index (χ4v) is 13.2. The molecule has 0 aliphatic carbocycles. The molecule has 0 radical (unpaired) electrons. The van der Waals surface area contributed by atoms with Gasteiger partial charge in [0.25, 0.3) is 0 Å². The highest BCUT2D eigenvalue weighted by Crippen LogP contribution is 2.40. The first kappa shape index (κ1) is 73.1. The molecule has 21 rings (SSSR count). The van der Waals surface area contributed by atoms with Crippen molar-refractivity contribution in [3.63, 3.8) is 0 Å². The Balaban J connectivity index is 1.11. The number of ether oxygens (including phenoxy) is 14. The minimum absolute atomic E-state index is 0.319. The lowest BCUT2D eigenvalue weighted by Gasteiger charge is -2.50. The van der Waals surface area contributed by atoms with Gasteiger partial charge in [-0.2, -0.15) is 23.5 Å². The van der Waals surface area contributed by atoms with Crippen LogP contribution in [-0.2, 0) is 75.9 Å². The molecule has 19 unspecified atom stereocenters. The highest BCUT2D eigenvalue weighted by atomic mass is 32.2. The SMILES string of the molecule is N[C@H](CSCC1O[C@H]2O[C@@H]3C(CO)O[C@H](O[C@@H]4C(CO)O[C@H](O[C@@H]5C(CO)O[C@H](O[C@@H]6C(CSC[C@@H](N)C(=O)O)O[C@H](O[C@@H]7C(CO)O[C@@H](O[C@@H]8C(CO)O[C@@H](O[C@H]1C(O)C2O)C(O)[C@H]8O)C(O)C7O)C(O)[C@H]6O)C(O)C5O)C(O)C4O)C(O)C3O)C(=O)O. The molecule has 516 valence electrons. The number of carboxylic acid groups (broad SMARTS) is 2. The van der Waals surface area contributed by atoms with Crippen molar-refractivity contribution in [2.24, 2.45) is 11.5 Å². The minimum atomic E-state index is -2.27. The van der Waals surface area contributed by atoms with E-state index in [1.165, 1.54) is 0 Å². The summed E-state index contributed by atoms with van der Waals surface area (Å²) >= 11 is 1.60. The third kappa shape index (κ3) is 15.9. The maximum atomic E-state index is 11.7. The maximum absolute atomic E-state index is 11.7. The van der Waals surface area contributed by atoms with Crippen LogP contribution >= 0.6 is 23.5 Å². The molecule has 39 nitrogen and oxygen atoms in total. The van der Waals surface area contributed by atoms with Gasteiger partial charge in [-0.15, -0.1) is 0 Å². The first-order valence-corrected chi connectivity index (χ1v) is 30.4. The summed E-state index contributed by atoms with van der Waals surface area (Å²) in [5, 5.41) is 233. The van der Waals surface area contributed by atoms with Gasteiger partial charge in [0.15, 0.2) is 44.0 Å². The standard InChI is InChI=1S/C48H80N2O37S2/c49-10(40(70)71)6-88-8-17-38-25(62)32(69)48(80-17)85-37-16(5-55)76-44(28(65)21(37)58)83-35-14(3-53)78-46(30(67)23(35)60)87-39-18(9-89-7-11(50)41(72)73)79-47(31(68)24(39)61)84-36-15(4-54)75-43(27(64)20(36)57)81-33-12(1-51)74-42(26(63)19(33)56)82-34-13(2-52)77-45(86-38)29(66)22(34)59/h10-39,42-48,51-69H,1-9,49-50H2,(H,70,71)(H,72,73)/t10-,11-,12?,13?,14?,15?,16?,17?,18?,19?,20?,21?,22?,23-,24?,25-,26?,27?,28?,29?,30?,31?,32?,33-,34-,35-,36-,37-,38-,39-,42-,43-,44+,45-,46+,47+,48-/m1/s1. The molecule has 21 fully saturated rings. The van der Waals surface area contributed by atoms with E-state index in [0.717, 1.165) is 23.5 Å². The van der Waals surface area contributed by atoms with E-state index < -0.39 is 284 Å². The summed E-state index contributed by atoms with van der Waals surface area (Å²) in [6.07, 6.45) is -71.4. The smallest absolute Gasteiger partial charge is 0.321 e. The predicted molar refractivity (Wildman–Crippen MR) is 280 cm³/mol. The number of hydrogen-bond acceptors (Lipinski definition) is 39. The fraction of sp³-hybridized carbons (Fsp3) is 0.958. The van der Waals surface area contributed by atoms with Crippen LogP contribution in [0.15, 0.2) is 0 Å². The van der Waals surface area contributed by atoms with Crippen molar-refractivity contribution in [3.05, 3.63) is 0 Å². The Labute approximate surface area is 511 Å². The van der Waals surface area contributed by atoms with Crippen molar-refractivity contribution < 1.29 is 183 Å². The van der Waals surface area contributed by atoms with Gasteiger partial charge in [0.1, 0.15) is 171 Å². The number of aliphatic hydroxyl groups excluding tert-OH is 19. The number of carboxylic acids is 2. The lowest BCUT2D eigenvalue weighted by Crippen LogP contribution is -2.68. The van der Waals surface area contributed by atoms with Crippen molar-refractivity contribution in [2.45, 2.75) is 227 Å². The maximum Gasteiger partial charge on any atom is 0.321 e. The molecule has 21 saturated heterocycles. The molecule has 21 heterocycles. The minimum Gasteiger partial charge on any atom is -0.480 e. The molecule has 14 bridgehead atoms. The van der Waals surface area contributed by atoms with E-state index in [-0.39, 0.29) is 11.5 Å². The third-order valence-corrected chi connectivity index (χ3v) is 18.5. The quantitative estimate of drug-likeness (QED) is 0.0724. The van der Waals surface area contributed by atoms with E-state index in [1.54, 1.807) is 0 Å². The Bertz CT molecular complexity index is 2200. The molecule has 0 aromatic heterocycles. The summed E-state index contributed by atoms with van der Waals surface area (Å²) in [7, 11) is 0. The number of nitrogens with two attached hydrogens (primary N) is 2. The van der Waals surface area contributed by atoms with Gasteiger partial charge in [-0.05, 0) is 0 Å². The van der Waals surface area contributed by atoms with E-state index in [1.807, 2.05) is 0 Å². The van der Waals surface area contributed by atoms with Gasteiger partial charge in [0, 0.05) is 23.0 Å². The number of aliphatic hydroxyl groups is 19. The molecule has 0 spiro atoms. The second-order valence-corrected chi connectivity index (χ2v) is 24.4. The average Bonchev–Trinajstić information content (AvgIpc) is 0.884. The number of carbonyl (C=O) groups is 2. The summed E-state index contributed by atoms with van der Waals surface area (Å²) in [4.78, 5) is 23.2. The molecule has 41 heteroatoms. The molecule has 0 saturated carbocycles. The van der Waals surface area contributed by atoms with Gasteiger partial charge in [-0.3, -0.25) is 9.59 Å². The van der Waals surface area contributed by atoms with Gasteiger partial charge in [-0.25, -0.2) is 0 Å². The lowest BCUT2D eigenvalue weighted by molar-refractivity contribution is -0.395. The van der Waals surface area contributed by atoms with E-state index in [0.29, 0.717) is 0 Å². The van der Waals surface area contributed by atoms with Crippen LogP contribution in [0.5, 0.6) is 0 Å². The van der Waals surface area contributed by atoms with E-state index in [9.17, 15) is 117 Å². The van der Waals surface area contributed by atoms with E-state index in [4.69, 9.17) is 77.8 Å². The number of thioether (sulfide) groups is 2. The number of rotatable bonds is 15. The second kappa shape index (κ2) is 31.9. The molecule has 0 aromatic rings. The summed E-state index contributed by atoms with van der Waals surface area (Å²) in [6.45, 7) is -5.43. The lowest BCUT2D eigenvalue weighted by atomic mass is 9.95. The first-order chi connectivity index (χ1) is 42.2. The number of hydrogen-bond donors (Lipinski definition) is 23. The normalized spacial score (nSPS) is 50.1. The molecular formula is C48H80N2O37S2. The van der Waals surface area contributed by atoms with Crippen molar-refractivity contribution in [3.8, 4) is 0 Å². The molecular weight excluding hydrogens is 1260 g/mol. The predicted octanol–water partition coefficient (Wildman–Crippen LogP) is -14.9. The zero-order chi connectivity index (χ0) is 65.2. The van der Waals surface area contributed by atoms with Gasteiger partial charge in [0.05, 0.1) is 45.2 Å².